The third-order valence-corrected chi connectivity index (χ3v) is 3.91. The topological polar surface area (TPSA) is 67.2 Å². The second-order valence-corrected chi connectivity index (χ2v) is 7.52. The van der Waals surface area contributed by atoms with Crippen LogP contribution in [0.1, 0.15) is 72.6 Å². The highest BCUT2D eigenvalue weighted by Crippen LogP contribution is 2.28. The zero-order valence-electron chi connectivity index (χ0n) is 13.7. The fourth-order valence-corrected chi connectivity index (χ4v) is 3.51. The Kier molecular flexibility index (Phi) is 6.46. The molecule has 118 valence electrons. The maximum Gasteiger partial charge on any atom is 0.220 e. The van der Waals surface area contributed by atoms with E-state index in [2.05, 4.69) is 38.3 Å². The smallest absolute Gasteiger partial charge is 0.220 e. The molecule has 0 aliphatic carbocycles. The standard InChI is InChI=1S/C16H33N3O/c1-15(2)11-13(12-16(3,4)19-15)18-14(20)9-7-5-6-8-10-17/h13,19H,5-12,17H2,1-4H3,(H,18,20). The summed E-state index contributed by atoms with van der Waals surface area (Å²) in [5.41, 5.74) is 5.63. The van der Waals surface area contributed by atoms with Gasteiger partial charge in [0.2, 0.25) is 5.91 Å². The normalized spacial score (nSPS) is 21.6. The Bertz CT molecular complexity index is 297. The van der Waals surface area contributed by atoms with Crippen LogP contribution in [0.25, 0.3) is 0 Å². The van der Waals surface area contributed by atoms with Crippen LogP contribution in [0, 0.1) is 0 Å². The lowest BCUT2D eigenvalue weighted by Gasteiger charge is -2.46. The van der Waals surface area contributed by atoms with E-state index in [9.17, 15) is 4.79 Å². The van der Waals surface area contributed by atoms with Crippen LogP contribution in [-0.4, -0.2) is 29.6 Å². The molecule has 1 heterocycles. The Morgan fingerprint density at radius 1 is 1.10 bits per heavy atom. The summed E-state index contributed by atoms with van der Waals surface area (Å²) in [5.74, 6) is 0.205. The maximum atomic E-state index is 12.0. The zero-order chi connectivity index (χ0) is 15.2. The lowest BCUT2D eigenvalue weighted by atomic mass is 9.79. The van der Waals surface area contributed by atoms with Gasteiger partial charge in [-0.3, -0.25) is 4.79 Å². The van der Waals surface area contributed by atoms with Gasteiger partial charge in [-0.2, -0.15) is 0 Å². The molecule has 1 amide bonds. The number of amides is 1. The lowest BCUT2D eigenvalue weighted by Crippen LogP contribution is -2.62. The third kappa shape index (κ3) is 6.71. The number of carbonyl (C=O) groups is 1. The molecule has 20 heavy (non-hydrogen) atoms. The van der Waals surface area contributed by atoms with Crippen LogP contribution in [0.5, 0.6) is 0 Å². The van der Waals surface area contributed by atoms with E-state index in [0.717, 1.165) is 45.1 Å². The second kappa shape index (κ2) is 7.41. The SMILES string of the molecule is CC1(C)CC(NC(=O)CCCCCCN)CC(C)(C)N1. The van der Waals surface area contributed by atoms with Crippen molar-refractivity contribution in [1.29, 1.82) is 0 Å². The minimum Gasteiger partial charge on any atom is -0.353 e. The first-order valence-corrected chi connectivity index (χ1v) is 8.03. The van der Waals surface area contributed by atoms with Crippen LogP contribution in [0.3, 0.4) is 0 Å². The van der Waals surface area contributed by atoms with Crippen molar-refractivity contribution in [2.75, 3.05) is 6.54 Å². The Morgan fingerprint density at radius 2 is 1.65 bits per heavy atom. The predicted octanol–water partition coefficient (Wildman–Crippen LogP) is 2.32. The van der Waals surface area contributed by atoms with Gasteiger partial charge in [0, 0.05) is 23.5 Å². The van der Waals surface area contributed by atoms with Crippen LogP contribution in [0.15, 0.2) is 0 Å². The molecule has 4 N–H and O–H groups in total. The number of nitrogens with one attached hydrogen (secondary N) is 2. The van der Waals surface area contributed by atoms with E-state index in [4.69, 9.17) is 5.73 Å². The summed E-state index contributed by atoms with van der Waals surface area (Å²) in [6.07, 6.45) is 6.92. The van der Waals surface area contributed by atoms with E-state index in [0.29, 0.717) is 6.42 Å². The average Bonchev–Trinajstić information content (AvgIpc) is 2.24. The molecule has 4 heteroatoms. The highest BCUT2D eigenvalue weighted by atomic mass is 16.1. The van der Waals surface area contributed by atoms with Crippen LogP contribution >= 0.6 is 0 Å². The number of nitrogens with two attached hydrogens (primary N) is 1. The first-order valence-electron chi connectivity index (χ1n) is 8.03. The van der Waals surface area contributed by atoms with Crippen LogP contribution in [0.4, 0.5) is 0 Å². The van der Waals surface area contributed by atoms with Crippen molar-refractivity contribution in [3.8, 4) is 0 Å². The van der Waals surface area contributed by atoms with Gasteiger partial charge in [-0.25, -0.2) is 0 Å². The number of carbonyl (C=O) groups excluding carboxylic acids is 1. The molecule has 4 nitrogen and oxygen atoms in total. The van der Waals surface area contributed by atoms with Crippen molar-refractivity contribution in [3.63, 3.8) is 0 Å². The van der Waals surface area contributed by atoms with Crippen LogP contribution in [-0.2, 0) is 4.79 Å². The van der Waals surface area contributed by atoms with Gasteiger partial charge in [-0.1, -0.05) is 12.8 Å². The van der Waals surface area contributed by atoms with Gasteiger partial charge >= 0.3 is 0 Å². The average molecular weight is 283 g/mol. The largest absolute Gasteiger partial charge is 0.353 e. The minimum atomic E-state index is 0.0841. The molecule has 0 unspecified atom stereocenters. The summed E-state index contributed by atoms with van der Waals surface area (Å²) >= 11 is 0. The molecule has 0 bridgehead atoms. The molecule has 0 saturated carbocycles. The molecule has 1 aliphatic heterocycles. The molecular weight excluding hydrogens is 250 g/mol. The van der Waals surface area contributed by atoms with E-state index < -0.39 is 0 Å². The molecule has 0 atom stereocenters. The molecule has 1 rings (SSSR count). The van der Waals surface area contributed by atoms with Gasteiger partial charge in [-0.15, -0.1) is 0 Å². The van der Waals surface area contributed by atoms with Crippen molar-refractivity contribution < 1.29 is 4.79 Å². The Labute approximate surface area is 124 Å². The van der Waals surface area contributed by atoms with Gasteiger partial charge in [0.25, 0.3) is 0 Å². The van der Waals surface area contributed by atoms with Crippen molar-refractivity contribution in [1.82, 2.24) is 10.6 Å². The van der Waals surface area contributed by atoms with E-state index >= 15 is 0 Å². The first-order chi connectivity index (χ1) is 9.24. The number of rotatable bonds is 7. The Morgan fingerprint density at radius 3 is 2.20 bits per heavy atom. The van der Waals surface area contributed by atoms with Gasteiger partial charge < -0.3 is 16.4 Å². The summed E-state index contributed by atoms with van der Waals surface area (Å²) in [6, 6.07) is 0.290. The van der Waals surface area contributed by atoms with Crippen molar-refractivity contribution in [2.24, 2.45) is 5.73 Å². The maximum absolute atomic E-state index is 12.0. The Balaban J connectivity index is 2.30. The first kappa shape index (κ1) is 17.4. The van der Waals surface area contributed by atoms with Crippen LogP contribution in [0.2, 0.25) is 0 Å². The van der Waals surface area contributed by atoms with Crippen molar-refractivity contribution in [3.05, 3.63) is 0 Å². The molecule has 0 aromatic carbocycles. The quantitative estimate of drug-likeness (QED) is 0.628. The zero-order valence-corrected chi connectivity index (χ0v) is 13.7. The predicted molar refractivity (Wildman–Crippen MR) is 84.6 cm³/mol. The Hall–Kier alpha value is -0.610. The van der Waals surface area contributed by atoms with Gasteiger partial charge in [0.1, 0.15) is 0 Å². The molecule has 0 aromatic heterocycles. The minimum absolute atomic E-state index is 0.0841. The number of hydrogen-bond acceptors (Lipinski definition) is 3. The third-order valence-electron chi connectivity index (χ3n) is 3.91. The summed E-state index contributed by atoms with van der Waals surface area (Å²) in [7, 11) is 0. The van der Waals surface area contributed by atoms with E-state index in [1.165, 1.54) is 0 Å². The summed E-state index contributed by atoms with van der Waals surface area (Å²) in [6.45, 7) is 9.59. The second-order valence-electron chi connectivity index (χ2n) is 7.52. The van der Waals surface area contributed by atoms with Crippen molar-refractivity contribution >= 4 is 5.91 Å². The molecular formula is C16H33N3O. The molecule has 0 spiro atoms. The highest BCUT2D eigenvalue weighted by molar-refractivity contribution is 5.76. The van der Waals surface area contributed by atoms with Crippen molar-refractivity contribution in [2.45, 2.75) is 89.8 Å². The van der Waals surface area contributed by atoms with E-state index in [1.54, 1.807) is 0 Å². The number of unbranched alkanes of at least 4 members (excludes halogenated alkanes) is 3. The van der Waals surface area contributed by atoms with E-state index in [1.807, 2.05) is 0 Å². The molecule has 0 radical (unpaired) electrons. The summed E-state index contributed by atoms with van der Waals surface area (Å²) < 4.78 is 0. The summed E-state index contributed by atoms with van der Waals surface area (Å²) in [4.78, 5) is 12.0. The van der Waals surface area contributed by atoms with E-state index in [-0.39, 0.29) is 23.0 Å². The summed E-state index contributed by atoms with van der Waals surface area (Å²) in [5, 5.41) is 6.86. The fourth-order valence-electron chi connectivity index (χ4n) is 3.51. The monoisotopic (exact) mass is 283 g/mol. The molecule has 1 aliphatic rings. The lowest BCUT2D eigenvalue weighted by molar-refractivity contribution is -0.122. The molecule has 0 aromatic rings. The van der Waals surface area contributed by atoms with Gasteiger partial charge in [0.05, 0.1) is 0 Å². The highest BCUT2D eigenvalue weighted by Gasteiger charge is 2.37. The number of piperidine rings is 1. The van der Waals surface area contributed by atoms with Gasteiger partial charge in [0.15, 0.2) is 0 Å². The number of hydrogen-bond donors (Lipinski definition) is 3. The molecule has 1 fully saturated rings. The van der Waals surface area contributed by atoms with Gasteiger partial charge in [-0.05, 0) is 59.9 Å². The molecule has 1 saturated heterocycles. The fraction of sp³-hybridized carbons (Fsp3) is 0.938. The van der Waals surface area contributed by atoms with Crippen LogP contribution < -0.4 is 16.4 Å².